The molecule has 0 bridgehead atoms. The number of hydrogen-bond acceptors (Lipinski definition) is 4. The molecule has 0 aliphatic carbocycles. The van der Waals surface area contributed by atoms with Gasteiger partial charge in [0.1, 0.15) is 4.88 Å². The zero-order chi connectivity index (χ0) is 22.9. The van der Waals surface area contributed by atoms with E-state index in [0.29, 0.717) is 24.3 Å². The first-order valence-electron chi connectivity index (χ1n) is 11.0. The average molecular weight is 452 g/mol. The van der Waals surface area contributed by atoms with E-state index in [0.717, 1.165) is 29.7 Å². The van der Waals surface area contributed by atoms with Gasteiger partial charge in [-0.2, -0.15) is 0 Å². The fraction of sp³-hybridized carbons (Fsp3) is 0.385. The van der Waals surface area contributed by atoms with E-state index in [1.807, 2.05) is 54.3 Å². The third-order valence-electron chi connectivity index (χ3n) is 5.61. The molecule has 3 atom stereocenters. The van der Waals surface area contributed by atoms with Gasteiger partial charge in [-0.05, 0) is 49.4 Å². The number of hydrogen-bond donors (Lipinski definition) is 2. The topological polar surface area (TPSA) is 77.8 Å². The molecule has 2 heterocycles. The summed E-state index contributed by atoms with van der Waals surface area (Å²) in [7, 11) is 0. The normalized spacial score (nSPS) is 17.9. The molecule has 5 nitrogen and oxygen atoms in total. The molecule has 1 aromatic heterocycles. The Bertz CT molecular complexity index is 1000. The van der Waals surface area contributed by atoms with Crippen LogP contribution in [0.4, 0.5) is 0 Å². The van der Waals surface area contributed by atoms with Crippen molar-refractivity contribution in [3.63, 3.8) is 0 Å². The molecule has 0 spiro atoms. The predicted octanol–water partition coefficient (Wildman–Crippen LogP) is 4.36. The van der Waals surface area contributed by atoms with Crippen LogP contribution in [0.25, 0.3) is 0 Å². The van der Waals surface area contributed by atoms with Crippen molar-refractivity contribution in [1.82, 2.24) is 4.90 Å². The quantitative estimate of drug-likeness (QED) is 0.439. The molecule has 3 rings (SSSR count). The molecule has 1 aliphatic heterocycles. The lowest BCUT2D eigenvalue weighted by Crippen LogP contribution is -2.33. The lowest BCUT2D eigenvalue weighted by Gasteiger charge is -2.23. The number of aryl methyl sites for hydroxylation is 1. The van der Waals surface area contributed by atoms with Gasteiger partial charge in [0.15, 0.2) is 0 Å². The number of thiophene rings is 1. The molecule has 2 N–H and O–H groups in total. The highest BCUT2D eigenvalue weighted by atomic mass is 32.1. The number of carboxylic acids is 1. The van der Waals surface area contributed by atoms with Gasteiger partial charge < -0.3 is 15.1 Å². The first kappa shape index (κ1) is 23.8. The third-order valence-corrected chi connectivity index (χ3v) is 6.75. The third kappa shape index (κ3) is 6.81. The second kappa shape index (κ2) is 11.7. The van der Waals surface area contributed by atoms with Crippen LogP contribution in [-0.2, 0) is 11.2 Å². The zero-order valence-corrected chi connectivity index (χ0v) is 19.1. The van der Waals surface area contributed by atoms with E-state index in [-0.39, 0.29) is 17.9 Å². The number of carbonyl (C=O) groups excluding carboxylic acids is 1. The standard InChI is InChI=1S/C26H29NO4S/c1-19(7-5-10-20-8-3-2-4-9-20)23(28)15-12-21-13-17-25(29)27(21)18-6-11-22-14-16-24(32-22)26(30)31/h2-4,8-9,12,14-16,19,21,23,28H,6-7,11,13,17-18H2,1H3,(H,30,31)/t19-,21?,23+/m0/s1. The number of nitrogens with zero attached hydrogens (tertiary/aromatic N) is 1. The van der Waals surface area contributed by atoms with E-state index in [4.69, 9.17) is 5.11 Å². The van der Waals surface area contributed by atoms with Crippen LogP contribution in [0.1, 0.15) is 52.7 Å². The summed E-state index contributed by atoms with van der Waals surface area (Å²) in [6.07, 6.45) is 6.53. The van der Waals surface area contributed by atoms with Gasteiger partial charge in [0.25, 0.3) is 0 Å². The minimum atomic E-state index is -0.903. The molecule has 2 aromatic rings. The van der Waals surface area contributed by atoms with Gasteiger partial charge in [-0.3, -0.25) is 4.79 Å². The number of carbonyl (C=O) groups is 2. The van der Waals surface area contributed by atoms with Crippen molar-refractivity contribution in [2.24, 2.45) is 5.92 Å². The Hall–Kier alpha value is -2.88. The summed E-state index contributed by atoms with van der Waals surface area (Å²) < 4.78 is 0. The van der Waals surface area contributed by atoms with Crippen LogP contribution in [0, 0.1) is 17.8 Å². The van der Waals surface area contributed by atoms with Gasteiger partial charge >= 0.3 is 5.97 Å². The lowest BCUT2D eigenvalue weighted by atomic mass is 9.99. The Labute approximate surface area is 193 Å². The van der Waals surface area contributed by atoms with E-state index in [1.54, 1.807) is 12.1 Å². The summed E-state index contributed by atoms with van der Waals surface area (Å²) in [6.45, 7) is 2.60. The van der Waals surface area contributed by atoms with Gasteiger partial charge in [0, 0.05) is 29.8 Å². The highest BCUT2D eigenvalue weighted by molar-refractivity contribution is 7.13. The number of rotatable bonds is 9. The maximum Gasteiger partial charge on any atom is 0.345 e. The first-order chi connectivity index (χ1) is 15.4. The smallest absolute Gasteiger partial charge is 0.345 e. The zero-order valence-electron chi connectivity index (χ0n) is 18.2. The van der Waals surface area contributed by atoms with Crippen molar-refractivity contribution in [1.29, 1.82) is 0 Å². The van der Waals surface area contributed by atoms with Crippen LogP contribution in [-0.4, -0.2) is 45.7 Å². The largest absolute Gasteiger partial charge is 0.477 e. The fourth-order valence-corrected chi connectivity index (χ4v) is 4.57. The van der Waals surface area contributed by atoms with Crippen LogP contribution in [0.2, 0.25) is 0 Å². The Morgan fingerprint density at radius 2 is 2.06 bits per heavy atom. The summed E-state index contributed by atoms with van der Waals surface area (Å²) >= 11 is 1.29. The minimum Gasteiger partial charge on any atom is -0.477 e. The Kier molecular flexibility index (Phi) is 8.66. The Balaban J connectivity index is 1.48. The molecule has 0 radical (unpaired) electrons. The molecule has 1 aromatic carbocycles. The van der Waals surface area contributed by atoms with Crippen molar-refractivity contribution in [3.8, 4) is 11.8 Å². The number of aliphatic hydroxyl groups is 1. The van der Waals surface area contributed by atoms with E-state index in [9.17, 15) is 14.7 Å². The number of aliphatic hydroxyl groups excluding tert-OH is 1. The summed E-state index contributed by atoms with van der Waals surface area (Å²) in [6, 6.07) is 13.2. The van der Waals surface area contributed by atoms with Gasteiger partial charge in [-0.15, -0.1) is 11.3 Å². The van der Waals surface area contributed by atoms with Gasteiger partial charge in [0.2, 0.25) is 5.91 Å². The molecule has 32 heavy (non-hydrogen) atoms. The summed E-state index contributed by atoms with van der Waals surface area (Å²) in [4.78, 5) is 26.5. The van der Waals surface area contributed by atoms with Crippen molar-refractivity contribution in [3.05, 3.63) is 69.9 Å². The molecule has 1 aliphatic rings. The van der Waals surface area contributed by atoms with Gasteiger partial charge in [-0.25, -0.2) is 4.79 Å². The lowest BCUT2D eigenvalue weighted by molar-refractivity contribution is -0.128. The number of carboxylic acid groups (broad SMARTS) is 1. The maximum absolute atomic E-state index is 12.3. The van der Waals surface area contributed by atoms with Crippen LogP contribution < -0.4 is 0 Å². The number of likely N-dealkylation sites (tertiary alicyclic amines) is 1. The summed E-state index contributed by atoms with van der Waals surface area (Å²) in [5.74, 6) is 5.47. The Morgan fingerprint density at radius 3 is 2.78 bits per heavy atom. The van der Waals surface area contributed by atoms with Crippen molar-refractivity contribution in [2.75, 3.05) is 6.54 Å². The average Bonchev–Trinajstić information content (AvgIpc) is 3.40. The second-order valence-electron chi connectivity index (χ2n) is 8.09. The van der Waals surface area contributed by atoms with Crippen molar-refractivity contribution < 1.29 is 19.8 Å². The van der Waals surface area contributed by atoms with E-state index in [1.165, 1.54) is 11.3 Å². The Morgan fingerprint density at radius 1 is 1.28 bits per heavy atom. The molecule has 168 valence electrons. The second-order valence-corrected chi connectivity index (χ2v) is 9.26. The van der Waals surface area contributed by atoms with Crippen LogP contribution in [0.15, 0.2) is 54.6 Å². The summed E-state index contributed by atoms with van der Waals surface area (Å²) in [5, 5.41) is 19.5. The number of amides is 1. The first-order valence-corrected chi connectivity index (χ1v) is 11.8. The van der Waals surface area contributed by atoms with E-state index in [2.05, 4.69) is 11.8 Å². The van der Waals surface area contributed by atoms with Crippen LogP contribution in [0.3, 0.4) is 0 Å². The molecule has 1 amide bonds. The molecule has 6 heteroatoms. The van der Waals surface area contributed by atoms with Crippen molar-refractivity contribution >= 4 is 23.2 Å². The molecule has 1 saturated heterocycles. The highest BCUT2D eigenvalue weighted by Gasteiger charge is 2.28. The molecular weight excluding hydrogens is 422 g/mol. The molecule has 1 fully saturated rings. The highest BCUT2D eigenvalue weighted by Crippen LogP contribution is 2.23. The van der Waals surface area contributed by atoms with Gasteiger partial charge in [-0.1, -0.05) is 49.1 Å². The van der Waals surface area contributed by atoms with Gasteiger partial charge in [0.05, 0.1) is 12.1 Å². The molecule has 0 saturated carbocycles. The minimum absolute atomic E-state index is 0.00216. The maximum atomic E-state index is 12.3. The van der Waals surface area contributed by atoms with E-state index >= 15 is 0 Å². The monoisotopic (exact) mass is 451 g/mol. The van der Waals surface area contributed by atoms with Crippen LogP contribution in [0.5, 0.6) is 0 Å². The molecular formula is C26H29NO4S. The molecule has 1 unspecified atom stereocenters. The van der Waals surface area contributed by atoms with Crippen molar-refractivity contribution in [2.45, 2.75) is 51.2 Å². The predicted molar refractivity (Wildman–Crippen MR) is 127 cm³/mol. The van der Waals surface area contributed by atoms with Crippen LogP contribution >= 0.6 is 11.3 Å². The number of aromatic carboxylic acids is 1. The van der Waals surface area contributed by atoms with E-state index < -0.39 is 12.1 Å². The number of benzene rings is 1. The summed E-state index contributed by atoms with van der Waals surface area (Å²) in [5.41, 5.74) is 0.964. The SMILES string of the molecule is C[C@@H](CC#Cc1ccccc1)[C@H](O)C=CC1CCC(=O)N1CCCc1ccc(C(=O)O)s1. The fourth-order valence-electron chi connectivity index (χ4n) is 3.69.